The van der Waals surface area contributed by atoms with Crippen LogP contribution in [0.3, 0.4) is 0 Å². The van der Waals surface area contributed by atoms with Gasteiger partial charge in [-0.05, 0) is 6.42 Å². The van der Waals surface area contributed by atoms with Gasteiger partial charge in [0.15, 0.2) is 0 Å². The van der Waals surface area contributed by atoms with E-state index >= 15 is 0 Å². The number of methoxy groups -OCH3 is 1. The molecule has 3 nitrogen and oxygen atoms in total. The summed E-state index contributed by atoms with van der Waals surface area (Å²) in [6.45, 7) is 6.95. The molecule has 4 heteroatoms. The minimum absolute atomic E-state index is 0.746. The Morgan fingerprint density at radius 2 is 2.38 bits per heavy atom. The SMILES string of the molecule is CCC[N+]1=C(Cl)N(CCOC)CC1. The minimum atomic E-state index is 0.746. The maximum Gasteiger partial charge on any atom is 0.345 e. The van der Waals surface area contributed by atoms with Crippen molar-refractivity contribution in [2.24, 2.45) is 0 Å². The summed E-state index contributed by atoms with van der Waals surface area (Å²) in [5, 5.41) is 0.888. The molecule has 0 fully saturated rings. The van der Waals surface area contributed by atoms with E-state index in [-0.39, 0.29) is 0 Å². The smallest absolute Gasteiger partial charge is 0.345 e. The second-order valence-corrected chi connectivity index (χ2v) is 3.57. The molecule has 0 aromatic carbocycles. The maximum absolute atomic E-state index is 6.17. The molecule has 0 unspecified atom stereocenters. The van der Waals surface area contributed by atoms with Crippen LogP contribution in [-0.2, 0) is 4.74 Å². The van der Waals surface area contributed by atoms with Gasteiger partial charge in [0.05, 0.1) is 13.2 Å². The van der Waals surface area contributed by atoms with E-state index in [2.05, 4.69) is 16.4 Å². The number of halogens is 1. The lowest BCUT2D eigenvalue weighted by Gasteiger charge is -2.07. The maximum atomic E-state index is 6.17. The molecule has 76 valence electrons. The van der Waals surface area contributed by atoms with E-state index in [1.54, 1.807) is 7.11 Å². The van der Waals surface area contributed by atoms with Crippen LogP contribution in [0.1, 0.15) is 13.3 Å². The van der Waals surface area contributed by atoms with Crippen molar-refractivity contribution in [1.82, 2.24) is 4.90 Å². The number of nitrogens with zero attached hydrogens (tertiary/aromatic N) is 2. The molecule has 1 heterocycles. The zero-order valence-corrected chi connectivity index (χ0v) is 9.18. The van der Waals surface area contributed by atoms with E-state index in [1.165, 1.54) is 0 Å². The number of rotatable bonds is 5. The Morgan fingerprint density at radius 1 is 1.62 bits per heavy atom. The summed E-state index contributed by atoms with van der Waals surface area (Å²) in [5.74, 6) is 0. The molecule has 0 aromatic heterocycles. The lowest BCUT2D eigenvalue weighted by atomic mass is 10.4. The van der Waals surface area contributed by atoms with Gasteiger partial charge in [0.25, 0.3) is 0 Å². The Kier molecular flexibility index (Phi) is 4.53. The molecule has 13 heavy (non-hydrogen) atoms. The number of ether oxygens (including phenoxy) is 1. The van der Waals surface area contributed by atoms with E-state index in [0.717, 1.165) is 44.5 Å². The molecule has 0 aliphatic carbocycles. The number of hydrogen-bond acceptors (Lipinski definition) is 2. The molecule has 1 aliphatic rings. The molecule has 1 rings (SSSR count). The highest BCUT2D eigenvalue weighted by molar-refractivity contribution is 6.63. The Balaban J connectivity index is 2.42. The molecule has 0 radical (unpaired) electrons. The first kappa shape index (κ1) is 10.8. The van der Waals surface area contributed by atoms with Gasteiger partial charge in [0.1, 0.15) is 19.6 Å². The summed E-state index contributed by atoms with van der Waals surface area (Å²) in [6, 6.07) is 0. The highest BCUT2D eigenvalue weighted by atomic mass is 35.5. The number of amidine groups is 1. The highest BCUT2D eigenvalue weighted by Gasteiger charge is 2.27. The van der Waals surface area contributed by atoms with E-state index in [0.29, 0.717) is 0 Å². The molecule has 0 saturated heterocycles. The second-order valence-electron chi connectivity index (χ2n) is 3.24. The van der Waals surface area contributed by atoms with Gasteiger partial charge in [0.2, 0.25) is 0 Å². The van der Waals surface area contributed by atoms with Crippen LogP contribution < -0.4 is 0 Å². The summed E-state index contributed by atoms with van der Waals surface area (Å²) in [6.07, 6.45) is 1.15. The molecular weight excluding hydrogens is 188 g/mol. The van der Waals surface area contributed by atoms with E-state index in [4.69, 9.17) is 16.3 Å². The Labute approximate surface area is 84.9 Å². The van der Waals surface area contributed by atoms with Gasteiger partial charge in [-0.2, -0.15) is 0 Å². The lowest BCUT2D eigenvalue weighted by Crippen LogP contribution is -2.28. The predicted molar refractivity (Wildman–Crippen MR) is 54.6 cm³/mol. The Bertz CT molecular complexity index is 194. The molecule has 0 aromatic rings. The molecule has 0 spiro atoms. The monoisotopic (exact) mass is 205 g/mol. The topological polar surface area (TPSA) is 15.5 Å². The normalized spacial score (nSPS) is 17.3. The lowest BCUT2D eigenvalue weighted by molar-refractivity contribution is -0.515. The van der Waals surface area contributed by atoms with Crippen molar-refractivity contribution in [2.75, 3.05) is 39.9 Å². The fraction of sp³-hybridized carbons (Fsp3) is 0.889. The minimum Gasteiger partial charge on any atom is -0.381 e. The van der Waals surface area contributed by atoms with Crippen molar-refractivity contribution in [3.8, 4) is 0 Å². The van der Waals surface area contributed by atoms with Crippen LogP contribution in [0.5, 0.6) is 0 Å². The third-order valence-corrected chi connectivity index (χ3v) is 2.70. The first-order valence-electron chi connectivity index (χ1n) is 4.81. The van der Waals surface area contributed by atoms with Crippen LogP contribution in [0.25, 0.3) is 0 Å². The fourth-order valence-corrected chi connectivity index (χ4v) is 1.84. The Hall–Kier alpha value is -0.280. The van der Waals surface area contributed by atoms with Gasteiger partial charge in [-0.3, -0.25) is 0 Å². The van der Waals surface area contributed by atoms with Crippen molar-refractivity contribution >= 4 is 16.9 Å². The molecular formula is C9H18ClN2O+. The highest BCUT2D eigenvalue weighted by Crippen LogP contribution is 2.05. The average molecular weight is 206 g/mol. The van der Waals surface area contributed by atoms with Crippen LogP contribution in [0.4, 0.5) is 0 Å². The molecule has 0 saturated carbocycles. The van der Waals surface area contributed by atoms with Crippen molar-refractivity contribution in [1.29, 1.82) is 0 Å². The van der Waals surface area contributed by atoms with E-state index < -0.39 is 0 Å². The molecule has 0 N–H and O–H groups in total. The first-order valence-corrected chi connectivity index (χ1v) is 5.18. The van der Waals surface area contributed by atoms with Crippen LogP contribution in [-0.4, -0.2) is 54.7 Å². The standard InChI is InChI=1S/C9H18ClN2O/c1-3-4-11-5-6-12(9(11)10)7-8-13-2/h3-8H2,1-2H3/q+1. The van der Waals surface area contributed by atoms with Crippen LogP contribution >= 0.6 is 11.6 Å². The van der Waals surface area contributed by atoms with Crippen LogP contribution in [0, 0.1) is 0 Å². The summed E-state index contributed by atoms with van der Waals surface area (Å²) < 4.78 is 7.23. The molecule has 0 amide bonds. The zero-order chi connectivity index (χ0) is 9.68. The van der Waals surface area contributed by atoms with Gasteiger partial charge >= 0.3 is 5.29 Å². The summed E-state index contributed by atoms with van der Waals surface area (Å²) in [4.78, 5) is 2.17. The summed E-state index contributed by atoms with van der Waals surface area (Å²) in [5.41, 5.74) is 0. The first-order chi connectivity index (χ1) is 6.29. The van der Waals surface area contributed by atoms with Crippen molar-refractivity contribution < 1.29 is 9.31 Å². The van der Waals surface area contributed by atoms with Crippen molar-refractivity contribution in [3.63, 3.8) is 0 Å². The third kappa shape index (κ3) is 2.85. The van der Waals surface area contributed by atoms with Crippen molar-refractivity contribution in [3.05, 3.63) is 0 Å². The summed E-state index contributed by atoms with van der Waals surface area (Å²) in [7, 11) is 1.72. The van der Waals surface area contributed by atoms with Crippen LogP contribution in [0.15, 0.2) is 0 Å². The van der Waals surface area contributed by atoms with Gasteiger partial charge in [-0.1, -0.05) is 6.92 Å². The second kappa shape index (κ2) is 5.45. The van der Waals surface area contributed by atoms with Gasteiger partial charge < -0.3 is 4.74 Å². The Morgan fingerprint density at radius 3 is 3.00 bits per heavy atom. The van der Waals surface area contributed by atoms with Gasteiger partial charge in [0, 0.05) is 18.7 Å². The molecule has 0 bridgehead atoms. The molecule has 1 aliphatic heterocycles. The van der Waals surface area contributed by atoms with Crippen molar-refractivity contribution in [2.45, 2.75) is 13.3 Å². The predicted octanol–water partition coefficient (Wildman–Crippen LogP) is 0.966. The van der Waals surface area contributed by atoms with E-state index in [1.807, 2.05) is 0 Å². The van der Waals surface area contributed by atoms with Gasteiger partial charge in [-0.15, -0.1) is 0 Å². The molecule has 0 atom stereocenters. The number of hydrogen-bond donors (Lipinski definition) is 0. The fourth-order valence-electron chi connectivity index (χ4n) is 1.51. The summed E-state index contributed by atoms with van der Waals surface area (Å²) >= 11 is 6.17. The van der Waals surface area contributed by atoms with Gasteiger partial charge in [-0.25, -0.2) is 9.48 Å². The van der Waals surface area contributed by atoms with Crippen LogP contribution in [0.2, 0.25) is 0 Å². The largest absolute Gasteiger partial charge is 0.381 e. The zero-order valence-electron chi connectivity index (χ0n) is 8.42. The quantitative estimate of drug-likeness (QED) is 0.491. The van der Waals surface area contributed by atoms with E-state index in [9.17, 15) is 0 Å². The third-order valence-electron chi connectivity index (χ3n) is 2.22. The average Bonchev–Trinajstić information content (AvgIpc) is 2.46.